The van der Waals surface area contributed by atoms with Crippen LogP contribution in [0.15, 0.2) is 6.33 Å². The van der Waals surface area contributed by atoms with E-state index in [0.717, 1.165) is 0 Å². The Bertz CT molecular complexity index is 392. The minimum Gasteiger partial charge on any atom is -0.481 e. The van der Waals surface area contributed by atoms with Gasteiger partial charge in [-0.25, -0.2) is 9.78 Å². The normalized spacial score (nSPS) is 13.7. The van der Waals surface area contributed by atoms with Crippen LogP contribution in [0.1, 0.15) is 32.1 Å². The van der Waals surface area contributed by atoms with Crippen molar-refractivity contribution in [2.75, 3.05) is 6.54 Å². The molecule has 1 aromatic rings. The third-order valence-corrected chi connectivity index (χ3v) is 2.33. The fourth-order valence-corrected chi connectivity index (χ4v) is 1.38. The van der Waals surface area contributed by atoms with Crippen LogP contribution in [0.5, 0.6) is 0 Å². The fraction of sp³-hybridized carbons (Fsp3) is 0.600. The smallest absolute Gasteiger partial charge is 0.315 e. The summed E-state index contributed by atoms with van der Waals surface area (Å²) < 4.78 is 0. The summed E-state index contributed by atoms with van der Waals surface area (Å²) in [5.41, 5.74) is 0. The molecule has 18 heavy (non-hydrogen) atoms. The molecule has 8 heteroatoms. The Morgan fingerprint density at radius 1 is 1.50 bits per heavy atom. The van der Waals surface area contributed by atoms with Crippen molar-refractivity contribution in [2.45, 2.75) is 26.3 Å². The monoisotopic (exact) mass is 255 g/mol. The lowest BCUT2D eigenvalue weighted by Crippen LogP contribution is -2.39. The molecule has 8 nitrogen and oxygen atoms in total. The number of H-pyrrole nitrogens is 1. The molecule has 2 atom stereocenters. The van der Waals surface area contributed by atoms with Gasteiger partial charge in [0.05, 0.1) is 6.04 Å². The molecule has 2 amide bonds. The van der Waals surface area contributed by atoms with E-state index in [1.807, 2.05) is 0 Å². The predicted octanol–water partition coefficient (Wildman–Crippen LogP) is 0.276. The van der Waals surface area contributed by atoms with E-state index in [1.165, 1.54) is 6.33 Å². The summed E-state index contributed by atoms with van der Waals surface area (Å²) in [6, 6.07) is -0.654. The molecule has 2 unspecified atom stereocenters. The van der Waals surface area contributed by atoms with Crippen LogP contribution in [0, 0.1) is 5.92 Å². The van der Waals surface area contributed by atoms with E-state index < -0.39 is 5.97 Å². The Hall–Kier alpha value is -2.12. The van der Waals surface area contributed by atoms with Crippen molar-refractivity contribution in [1.29, 1.82) is 0 Å². The molecule has 0 aliphatic heterocycles. The highest BCUT2D eigenvalue weighted by Crippen LogP contribution is 2.03. The first kappa shape index (κ1) is 13.9. The summed E-state index contributed by atoms with van der Waals surface area (Å²) >= 11 is 0. The largest absolute Gasteiger partial charge is 0.481 e. The molecule has 0 radical (unpaired) electrons. The van der Waals surface area contributed by atoms with Crippen molar-refractivity contribution in [1.82, 2.24) is 25.8 Å². The average molecular weight is 255 g/mol. The second-order valence-corrected chi connectivity index (χ2v) is 4.15. The molecule has 0 fully saturated rings. The maximum Gasteiger partial charge on any atom is 0.315 e. The van der Waals surface area contributed by atoms with Crippen molar-refractivity contribution in [3.63, 3.8) is 0 Å². The summed E-state index contributed by atoms with van der Waals surface area (Å²) in [4.78, 5) is 25.9. The molecule has 0 aliphatic rings. The van der Waals surface area contributed by atoms with Crippen LogP contribution in [0.4, 0.5) is 4.79 Å². The van der Waals surface area contributed by atoms with Crippen molar-refractivity contribution in [3.05, 3.63) is 12.2 Å². The third kappa shape index (κ3) is 4.81. The lowest BCUT2D eigenvalue weighted by Gasteiger charge is -2.14. The lowest BCUT2D eigenvalue weighted by molar-refractivity contribution is -0.137. The minimum atomic E-state index is -0.875. The molecule has 1 heterocycles. The van der Waals surface area contributed by atoms with Gasteiger partial charge in [-0.2, -0.15) is 5.10 Å². The Morgan fingerprint density at radius 3 is 2.78 bits per heavy atom. The third-order valence-electron chi connectivity index (χ3n) is 2.33. The second-order valence-electron chi connectivity index (χ2n) is 4.15. The zero-order chi connectivity index (χ0) is 13.5. The number of rotatable bonds is 6. The van der Waals surface area contributed by atoms with Gasteiger partial charge in [-0.05, 0) is 12.8 Å². The van der Waals surface area contributed by atoms with Crippen LogP contribution in [-0.4, -0.2) is 38.8 Å². The van der Waals surface area contributed by atoms with E-state index in [-0.39, 0.29) is 24.4 Å². The topological polar surface area (TPSA) is 120 Å². The number of carbonyl (C=O) groups excluding carboxylic acids is 1. The molecule has 0 saturated carbocycles. The number of hydrogen-bond acceptors (Lipinski definition) is 4. The van der Waals surface area contributed by atoms with Gasteiger partial charge >= 0.3 is 12.0 Å². The van der Waals surface area contributed by atoms with Crippen LogP contribution in [-0.2, 0) is 4.79 Å². The predicted molar refractivity (Wildman–Crippen MR) is 62.7 cm³/mol. The van der Waals surface area contributed by atoms with Gasteiger partial charge < -0.3 is 15.7 Å². The molecule has 100 valence electrons. The number of aromatic amines is 1. The molecule has 0 aromatic carbocycles. The zero-order valence-corrected chi connectivity index (χ0v) is 10.3. The Kier molecular flexibility index (Phi) is 5.09. The maximum atomic E-state index is 11.5. The standard InChI is InChI=1S/C10H17N5O3/c1-6(3-8(16)17)4-11-10(18)14-7(2)9-12-5-13-15-9/h5-7H,3-4H2,1-2H3,(H,16,17)(H2,11,14,18)(H,12,13,15). The number of aliphatic carboxylic acids is 1. The first-order chi connectivity index (χ1) is 8.49. The highest BCUT2D eigenvalue weighted by molar-refractivity contribution is 5.74. The Labute approximate surface area is 104 Å². The van der Waals surface area contributed by atoms with E-state index in [4.69, 9.17) is 5.11 Å². The van der Waals surface area contributed by atoms with Gasteiger partial charge in [-0.15, -0.1) is 0 Å². The summed E-state index contributed by atoms with van der Waals surface area (Å²) in [6.07, 6.45) is 1.39. The summed E-state index contributed by atoms with van der Waals surface area (Å²) in [6.45, 7) is 3.83. The quantitative estimate of drug-likeness (QED) is 0.581. The van der Waals surface area contributed by atoms with Crippen LogP contribution in [0.2, 0.25) is 0 Å². The Balaban J connectivity index is 2.27. The SMILES string of the molecule is CC(CNC(=O)NC(C)c1ncn[nH]1)CC(=O)O. The number of amides is 2. The zero-order valence-electron chi connectivity index (χ0n) is 10.3. The van der Waals surface area contributed by atoms with Crippen LogP contribution >= 0.6 is 0 Å². The average Bonchev–Trinajstić information content (AvgIpc) is 2.78. The number of urea groups is 1. The van der Waals surface area contributed by atoms with E-state index >= 15 is 0 Å². The number of carbonyl (C=O) groups is 2. The first-order valence-electron chi connectivity index (χ1n) is 5.60. The van der Waals surface area contributed by atoms with Gasteiger partial charge in [-0.3, -0.25) is 9.89 Å². The number of nitrogens with zero attached hydrogens (tertiary/aromatic N) is 2. The molecule has 0 bridgehead atoms. The van der Waals surface area contributed by atoms with Crippen molar-refractivity contribution in [2.24, 2.45) is 5.92 Å². The molecular formula is C10H17N5O3. The first-order valence-corrected chi connectivity index (χ1v) is 5.60. The van der Waals surface area contributed by atoms with Gasteiger partial charge in [0, 0.05) is 13.0 Å². The van der Waals surface area contributed by atoms with Gasteiger partial charge in [0.15, 0.2) is 0 Å². The van der Waals surface area contributed by atoms with Crippen molar-refractivity contribution >= 4 is 12.0 Å². The number of hydrogen-bond donors (Lipinski definition) is 4. The van der Waals surface area contributed by atoms with Gasteiger partial charge in [0.25, 0.3) is 0 Å². The van der Waals surface area contributed by atoms with Crippen molar-refractivity contribution in [3.8, 4) is 0 Å². The van der Waals surface area contributed by atoms with Gasteiger partial charge in [-0.1, -0.05) is 6.92 Å². The fourth-order valence-electron chi connectivity index (χ4n) is 1.38. The highest BCUT2D eigenvalue weighted by atomic mass is 16.4. The highest BCUT2D eigenvalue weighted by Gasteiger charge is 2.13. The minimum absolute atomic E-state index is 0.0257. The molecule has 1 aromatic heterocycles. The second kappa shape index (κ2) is 6.58. The molecule has 0 saturated heterocycles. The van der Waals surface area contributed by atoms with E-state index in [0.29, 0.717) is 12.4 Å². The van der Waals surface area contributed by atoms with Gasteiger partial charge in [0.1, 0.15) is 12.2 Å². The number of aromatic nitrogens is 3. The van der Waals surface area contributed by atoms with Crippen LogP contribution in [0.25, 0.3) is 0 Å². The molecule has 0 spiro atoms. The summed E-state index contributed by atoms with van der Waals surface area (Å²) in [5, 5.41) is 20.2. The summed E-state index contributed by atoms with van der Waals surface area (Å²) in [7, 11) is 0. The van der Waals surface area contributed by atoms with E-state index in [1.54, 1.807) is 13.8 Å². The Morgan fingerprint density at radius 2 is 2.22 bits per heavy atom. The van der Waals surface area contributed by atoms with E-state index in [9.17, 15) is 9.59 Å². The maximum absolute atomic E-state index is 11.5. The number of carboxylic acid groups (broad SMARTS) is 1. The number of nitrogens with one attached hydrogen (secondary N) is 3. The van der Waals surface area contributed by atoms with E-state index in [2.05, 4.69) is 25.8 Å². The van der Waals surface area contributed by atoms with Crippen molar-refractivity contribution < 1.29 is 14.7 Å². The summed E-state index contributed by atoms with van der Waals surface area (Å²) in [5.74, 6) is -0.433. The molecular weight excluding hydrogens is 238 g/mol. The molecule has 1 rings (SSSR count). The van der Waals surface area contributed by atoms with Gasteiger partial charge in [0.2, 0.25) is 0 Å². The van der Waals surface area contributed by atoms with Crippen LogP contribution in [0.3, 0.4) is 0 Å². The number of carboxylic acids is 1. The van der Waals surface area contributed by atoms with Crippen LogP contribution < -0.4 is 10.6 Å². The lowest BCUT2D eigenvalue weighted by atomic mass is 10.1. The molecule has 4 N–H and O–H groups in total. The molecule has 0 aliphatic carbocycles.